The van der Waals surface area contributed by atoms with E-state index < -0.39 is 5.97 Å². The zero-order chi connectivity index (χ0) is 31.2. The van der Waals surface area contributed by atoms with E-state index in [4.69, 9.17) is 10.5 Å². The second kappa shape index (κ2) is 13.7. The van der Waals surface area contributed by atoms with E-state index in [1.807, 2.05) is 66.7 Å². The van der Waals surface area contributed by atoms with E-state index in [0.29, 0.717) is 65.4 Å². The molecule has 4 N–H and O–H groups in total. The van der Waals surface area contributed by atoms with Crippen molar-refractivity contribution >= 4 is 73.4 Å². The number of carboxylic acids is 1. The number of rotatable bonds is 11. The van der Waals surface area contributed by atoms with Gasteiger partial charge in [-0.25, -0.2) is 24.7 Å². The summed E-state index contributed by atoms with van der Waals surface area (Å²) in [5.74, 6) is -0.589. The summed E-state index contributed by atoms with van der Waals surface area (Å²) < 4.78 is 6.85. The molecule has 13 heteroatoms. The molecule has 1 amide bonds. The number of aliphatic imine (C=N–C) groups is 2. The maximum absolute atomic E-state index is 13.4. The van der Waals surface area contributed by atoms with Crippen LogP contribution in [0.2, 0.25) is 0 Å². The largest absolute Gasteiger partial charge is 0.494 e. The van der Waals surface area contributed by atoms with Crippen LogP contribution in [-0.4, -0.2) is 52.8 Å². The Balaban J connectivity index is 1.11. The van der Waals surface area contributed by atoms with Crippen molar-refractivity contribution in [2.45, 2.75) is 25.8 Å². The molecule has 0 unspecified atom stereocenters. The molecule has 1 aliphatic rings. The summed E-state index contributed by atoms with van der Waals surface area (Å²) in [7, 11) is 0. The highest BCUT2D eigenvalue weighted by Crippen LogP contribution is 2.33. The minimum absolute atomic E-state index is 0.0602. The summed E-state index contributed by atoms with van der Waals surface area (Å²) in [4.78, 5) is 45.2. The fourth-order valence-corrected chi connectivity index (χ4v) is 7.03. The van der Waals surface area contributed by atoms with E-state index in [1.165, 1.54) is 29.0 Å². The molecule has 0 atom stereocenters. The molecule has 1 aliphatic heterocycles. The normalized spacial score (nSPS) is 13.0. The zero-order valence-electron chi connectivity index (χ0n) is 24.1. The lowest BCUT2D eigenvalue weighted by molar-refractivity contribution is 0.0690. The average Bonchev–Trinajstić information content (AvgIpc) is 3.67. The second-order valence-corrected chi connectivity index (χ2v) is 12.2. The molecule has 2 aromatic heterocycles. The fraction of sp³-hybridized carbons (Fsp3) is 0.188. The fourth-order valence-electron chi connectivity index (χ4n) is 5.05. The molecule has 45 heavy (non-hydrogen) atoms. The summed E-state index contributed by atoms with van der Waals surface area (Å²) in [6.45, 7) is 1.53. The zero-order valence-corrected chi connectivity index (χ0v) is 25.7. The maximum atomic E-state index is 13.4. The van der Waals surface area contributed by atoms with Gasteiger partial charge in [-0.3, -0.25) is 10.1 Å². The third-order valence-electron chi connectivity index (χ3n) is 7.20. The molecular formula is C32H29N7O4S2. The van der Waals surface area contributed by atoms with Crippen LogP contribution in [0.3, 0.4) is 0 Å². The third kappa shape index (κ3) is 7.00. The van der Waals surface area contributed by atoms with Crippen molar-refractivity contribution in [2.24, 2.45) is 15.7 Å². The highest BCUT2D eigenvalue weighted by atomic mass is 32.1. The summed E-state index contributed by atoms with van der Waals surface area (Å²) in [5, 5.41) is 14.0. The van der Waals surface area contributed by atoms with Gasteiger partial charge in [0.15, 0.2) is 16.0 Å². The van der Waals surface area contributed by atoms with Crippen molar-refractivity contribution in [3.63, 3.8) is 0 Å². The molecule has 5 aromatic rings. The van der Waals surface area contributed by atoms with Crippen molar-refractivity contribution < 1.29 is 19.4 Å². The number of thiazole rings is 2. The molecular weight excluding hydrogens is 611 g/mol. The molecule has 11 nitrogen and oxygen atoms in total. The van der Waals surface area contributed by atoms with Gasteiger partial charge in [0.05, 0.1) is 28.8 Å². The van der Waals surface area contributed by atoms with Crippen LogP contribution in [0, 0.1) is 0 Å². The van der Waals surface area contributed by atoms with E-state index in [2.05, 4.69) is 30.2 Å². The lowest BCUT2D eigenvalue weighted by Gasteiger charge is -2.29. The number of ether oxygens (including phenoxy) is 1. The van der Waals surface area contributed by atoms with Gasteiger partial charge in [-0.2, -0.15) is 0 Å². The first-order valence-corrected chi connectivity index (χ1v) is 15.9. The number of anilines is 2. The number of aromatic nitrogens is 2. The maximum Gasteiger partial charge on any atom is 0.355 e. The number of hydrogen-bond donors (Lipinski definition) is 3. The van der Waals surface area contributed by atoms with Gasteiger partial charge in [0.25, 0.3) is 5.91 Å². The monoisotopic (exact) mass is 639 g/mol. The quantitative estimate of drug-likeness (QED) is 0.0913. The van der Waals surface area contributed by atoms with Crippen molar-refractivity contribution in [1.29, 1.82) is 0 Å². The molecule has 0 saturated heterocycles. The van der Waals surface area contributed by atoms with Gasteiger partial charge in [0, 0.05) is 23.5 Å². The first-order chi connectivity index (χ1) is 22.0. The molecule has 0 fully saturated rings. The van der Waals surface area contributed by atoms with Crippen LogP contribution in [0.4, 0.5) is 16.0 Å². The molecule has 3 aromatic carbocycles. The number of para-hydroxylation sites is 1. The predicted molar refractivity (Wildman–Crippen MR) is 179 cm³/mol. The van der Waals surface area contributed by atoms with Crippen molar-refractivity contribution in [2.75, 3.05) is 23.4 Å². The third-order valence-corrected chi connectivity index (χ3v) is 9.33. The number of carbonyl (C=O) groups excluding carboxylic acids is 1. The minimum atomic E-state index is -1.06. The number of carbonyl (C=O) groups is 2. The lowest BCUT2D eigenvalue weighted by atomic mass is 9.94. The average molecular weight is 640 g/mol. The standard InChI is InChI=1S/C32H29N7O4S2/c33-18-34-19-35-21-10-12-22(13-11-21)43-16-4-9-27-28(30(41)42)37-32(45-27)39-15-14-20-5-3-6-23(24(20)17-39)29(40)38-31-36-25-7-1-2-8-26(25)44-31/h1-3,5-8,10-13,18-19H,4,9,14-17H2,(H,41,42)(H2,33,34,35)(H,36,38,40). The molecule has 6 rings (SSSR count). The summed E-state index contributed by atoms with van der Waals surface area (Å²) in [5.41, 5.74) is 9.41. The first kappa shape index (κ1) is 29.9. The van der Waals surface area contributed by atoms with Gasteiger partial charge in [-0.1, -0.05) is 35.6 Å². The van der Waals surface area contributed by atoms with Gasteiger partial charge < -0.3 is 20.5 Å². The predicted octanol–water partition coefficient (Wildman–Crippen LogP) is 5.92. The molecule has 228 valence electrons. The highest BCUT2D eigenvalue weighted by Gasteiger charge is 2.26. The number of nitrogens with zero attached hydrogens (tertiary/aromatic N) is 5. The number of carboxylic acid groups (broad SMARTS) is 1. The molecule has 0 bridgehead atoms. The Bertz CT molecular complexity index is 1870. The SMILES string of the molecule is NC=NC=Nc1ccc(OCCCc2sc(N3CCc4cccc(C(=O)Nc5nc6ccccc6s5)c4C3)nc2C(=O)O)cc1. The van der Waals surface area contributed by atoms with Crippen molar-refractivity contribution in [1.82, 2.24) is 9.97 Å². The molecule has 0 saturated carbocycles. The first-order valence-electron chi connectivity index (χ1n) is 14.2. The number of amides is 1. The van der Waals surface area contributed by atoms with Gasteiger partial charge in [-0.15, -0.1) is 11.3 Å². The van der Waals surface area contributed by atoms with Crippen molar-refractivity contribution in [3.05, 3.63) is 94.0 Å². The van der Waals surface area contributed by atoms with Crippen molar-refractivity contribution in [3.8, 4) is 5.75 Å². The van der Waals surface area contributed by atoms with Gasteiger partial charge >= 0.3 is 5.97 Å². The number of benzene rings is 3. The molecule has 0 radical (unpaired) electrons. The Labute approximate surface area is 266 Å². The molecule has 0 spiro atoms. The Hall–Kier alpha value is -5.14. The highest BCUT2D eigenvalue weighted by molar-refractivity contribution is 7.22. The van der Waals surface area contributed by atoms with Crippen LogP contribution in [0.15, 0.2) is 76.7 Å². The summed E-state index contributed by atoms with van der Waals surface area (Å²) in [6, 6.07) is 20.8. The molecule has 0 aliphatic carbocycles. The van der Waals surface area contributed by atoms with E-state index in [9.17, 15) is 14.7 Å². The van der Waals surface area contributed by atoms with E-state index in [1.54, 1.807) is 0 Å². The number of aryl methyl sites for hydroxylation is 1. The van der Waals surface area contributed by atoms with Gasteiger partial charge in [0.1, 0.15) is 12.1 Å². The Morgan fingerprint density at radius 2 is 1.91 bits per heavy atom. The Morgan fingerprint density at radius 3 is 2.71 bits per heavy atom. The molecule has 3 heterocycles. The second-order valence-electron chi connectivity index (χ2n) is 10.1. The lowest BCUT2D eigenvalue weighted by Crippen LogP contribution is -2.32. The van der Waals surface area contributed by atoms with Gasteiger partial charge in [0.2, 0.25) is 0 Å². The van der Waals surface area contributed by atoms with Crippen LogP contribution in [0.25, 0.3) is 10.2 Å². The van der Waals surface area contributed by atoms with E-state index >= 15 is 0 Å². The smallest absolute Gasteiger partial charge is 0.355 e. The van der Waals surface area contributed by atoms with Gasteiger partial charge in [-0.05, 0) is 72.9 Å². The van der Waals surface area contributed by atoms with E-state index in [0.717, 1.165) is 33.4 Å². The number of hydrogen-bond acceptors (Lipinski definition) is 9. The minimum Gasteiger partial charge on any atom is -0.494 e. The number of nitrogens with two attached hydrogens (primary N) is 1. The number of aromatic carboxylic acids is 1. The Morgan fingerprint density at radius 1 is 1.07 bits per heavy atom. The van der Waals surface area contributed by atoms with E-state index in [-0.39, 0.29) is 11.6 Å². The van der Waals surface area contributed by atoms with Crippen LogP contribution in [0.5, 0.6) is 5.75 Å². The number of fused-ring (bicyclic) bond motifs is 2. The summed E-state index contributed by atoms with van der Waals surface area (Å²) in [6.07, 6.45) is 4.37. The van der Waals surface area contributed by atoms with Crippen LogP contribution >= 0.6 is 22.7 Å². The van der Waals surface area contributed by atoms with Crippen LogP contribution < -0.4 is 20.7 Å². The topological polar surface area (TPSA) is 155 Å². The Kier molecular flexibility index (Phi) is 9.08. The van der Waals surface area contributed by atoms with Crippen LogP contribution in [-0.2, 0) is 19.4 Å². The number of nitrogens with one attached hydrogen (secondary N) is 1. The summed E-state index contributed by atoms with van der Waals surface area (Å²) >= 11 is 2.81. The van der Waals surface area contributed by atoms with Crippen LogP contribution in [0.1, 0.15) is 43.3 Å².